The van der Waals surface area contributed by atoms with Crippen molar-refractivity contribution < 1.29 is 28.6 Å². The third kappa shape index (κ3) is 50.2. The Morgan fingerprint density at radius 1 is 0.317 bits per heavy atom. The van der Waals surface area contributed by atoms with Crippen LogP contribution in [-0.2, 0) is 28.6 Å². The van der Waals surface area contributed by atoms with E-state index in [9.17, 15) is 14.4 Å². The van der Waals surface area contributed by atoms with E-state index in [1.54, 1.807) is 0 Å². The lowest BCUT2D eigenvalue weighted by atomic mass is 10.1. The van der Waals surface area contributed by atoms with E-state index in [1.807, 2.05) is 0 Å². The van der Waals surface area contributed by atoms with Crippen molar-refractivity contribution in [3.63, 3.8) is 0 Å². The predicted molar refractivity (Wildman–Crippen MR) is 270 cm³/mol. The molecule has 0 fully saturated rings. The molecule has 0 rings (SSSR count). The van der Waals surface area contributed by atoms with E-state index in [0.717, 1.165) is 83.5 Å². The van der Waals surface area contributed by atoms with Crippen LogP contribution in [0, 0.1) is 0 Å². The van der Waals surface area contributed by atoms with E-state index in [1.165, 1.54) is 154 Å². The van der Waals surface area contributed by atoms with Crippen molar-refractivity contribution >= 4 is 17.9 Å². The van der Waals surface area contributed by atoms with E-state index in [4.69, 9.17) is 14.2 Å². The fraction of sp³-hybridized carbons (Fsp3) is 0.807. The number of carbonyl (C=O) groups is 3. The molecule has 0 spiro atoms. The summed E-state index contributed by atoms with van der Waals surface area (Å²) in [5.41, 5.74) is 0. The molecule has 0 saturated heterocycles. The Morgan fingerprint density at radius 2 is 0.571 bits per heavy atom. The molecule has 0 aliphatic rings. The molecule has 0 amide bonds. The lowest BCUT2D eigenvalue weighted by molar-refractivity contribution is -0.167. The quantitative estimate of drug-likeness (QED) is 0.0262. The maximum Gasteiger partial charge on any atom is 0.306 e. The van der Waals surface area contributed by atoms with Gasteiger partial charge in [-0.3, -0.25) is 14.4 Å². The monoisotopic (exact) mass is 883 g/mol. The van der Waals surface area contributed by atoms with Crippen LogP contribution in [0.2, 0.25) is 0 Å². The molecule has 0 bridgehead atoms. The molecule has 0 aromatic rings. The van der Waals surface area contributed by atoms with Crippen LogP contribution in [0.4, 0.5) is 0 Å². The highest BCUT2D eigenvalue weighted by Gasteiger charge is 2.19. The van der Waals surface area contributed by atoms with Crippen LogP contribution in [0.5, 0.6) is 0 Å². The van der Waals surface area contributed by atoms with Gasteiger partial charge >= 0.3 is 17.9 Å². The van der Waals surface area contributed by atoms with Gasteiger partial charge < -0.3 is 14.2 Å². The van der Waals surface area contributed by atoms with E-state index in [0.29, 0.717) is 19.3 Å². The van der Waals surface area contributed by atoms with Crippen LogP contribution in [-0.4, -0.2) is 37.2 Å². The number of ether oxygens (including phenoxy) is 3. The summed E-state index contributed by atoms with van der Waals surface area (Å²) in [6, 6.07) is 0. The standard InChI is InChI=1S/C57H102O6/c1-4-7-10-13-16-19-22-25-27-28-30-33-36-39-42-45-48-51-57(60)63-54(52-61-55(58)49-46-43-40-37-34-31-24-21-18-15-12-9-6-3)53-62-56(59)50-47-44-41-38-35-32-29-26-23-20-17-14-11-8-5-2/h17,20-21,24-27,29,54H,4-16,18-19,22-23,28,30-53H2,1-3H3/b20-17-,24-21-,27-25-,29-26-/t54-/m0/s1. The molecule has 0 unspecified atom stereocenters. The maximum absolute atomic E-state index is 12.8. The van der Waals surface area contributed by atoms with Gasteiger partial charge in [0.05, 0.1) is 0 Å². The number of allylic oxidation sites excluding steroid dienone is 8. The summed E-state index contributed by atoms with van der Waals surface area (Å²) in [6.45, 7) is 6.59. The SMILES string of the molecule is CCCCC/C=C\C/C=C\CCCCCCCC(=O)OC[C@H](COC(=O)CCCCCCC/C=C\CCCCCC)OC(=O)CCCCCCCCC/C=C\CCCCCCCC. The lowest BCUT2D eigenvalue weighted by Crippen LogP contribution is -2.30. The van der Waals surface area contributed by atoms with Gasteiger partial charge in [0.25, 0.3) is 0 Å². The fourth-order valence-corrected chi connectivity index (χ4v) is 7.64. The molecule has 1 atom stereocenters. The van der Waals surface area contributed by atoms with Crippen LogP contribution >= 0.6 is 0 Å². The van der Waals surface area contributed by atoms with Gasteiger partial charge in [0, 0.05) is 19.3 Å². The molecule has 0 N–H and O–H groups in total. The van der Waals surface area contributed by atoms with Gasteiger partial charge in [0.1, 0.15) is 13.2 Å². The second kappa shape index (κ2) is 52.0. The molecule has 63 heavy (non-hydrogen) atoms. The van der Waals surface area contributed by atoms with Crippen molar-refractivity contribution in [1.82, 2.24) is 0 Å². The second-order valence-corrected chi connectivity index (χ2v) is 18.1. The molecule has 6 heteroatoms. The van der Waals surface area contributed by atoms with Crippen LogP contribution in [0.3, 0.4) is 0 Å². The molecule has 6 nitrogen and oxygen atoms in total. The number of hydrogen-bond donors (Lipinski definition) is 0. The zero-order valence-electron chi connectivity index (χ0n) is 41.8. The van der Waals surface area contributed by atoms with Gasteiger partial charge in [-0.15, -0.1) is 0 Å². The molecule has 0 saturated carbocycles. The largest absolute Gasteiger partial charge is 0.462 e. The average molecular weight is 883 g/mol. The fourth-order valence-electron chi connectivity index (χ4n) is 7.64. The third-order valence-corrected chi connectivity index (χ3v) is 11.8. The van der Waals surface area contributed by atoms with Gasteiger partial charge in [0.2, 0.25) is 0 Å². The first-order valence-corrected chi connectivity index (χ1v) is 27.1. The molecule has 0 aromatic heterocycles. The summed E-state index contributed by atoms with van der Waals surface area (Å²) in [5, 5.41) is 0. The number of carbonyl (C=O) groups excluding carboxylic acids is 3. The first kappa shape index (κ1) is 60.4. The molecular formula is C57H102O6. The zero-order chi connectivity index (χ0) is 45.8. The summed E-state index contributed by atoms with van der Waals surface area (Å²) < 4.78 is 16.8. The molecule has 366 valence electrons. The highest BCUT2D eigenvalue weighted by atomic mass is 16.6. The first-order valence-electron chi connectivity index (χ1n) is 27.1. The summed E-state index contributed by atoms with van der Waals surface area (Å²) in [7, 11) is 0. The van der Waals surface area contributed by atoms with Gasteiger partial charge in [0.15, 0.2) is 6.10 Å². The minimum Gasteiger partial charge on any atom is -0.462 e. The molecule has 0 aliphatic heterocycles. The molecular weight excluding hydrogens is 781 g/mol. The van der Waals surface area contributed by atoms with E-state index >= 15 is 0 Å². The summed E-state index contributed by atoms with van der Waals surface area (Å²) in [6.07, 6.45) is 62.3. The van der Waals surface area contributed by atoms with E-state index in [-0.39, 0.29) is 31.1 Å². The van der Waals surface area contributed by atoms with Crippen molar-refractivity contribution in [1.29, 1.82) is 0 Å². The molecule has 0 aliphatic carbocycles. The van der Waals surface area contributed by atoms with Crippen molar-refractivity contribution in [2.75, 3.05) is 13.2 Å². The first-order chi connectivity index (χ1) is 31.0. The predicted octanol–water partition coefficient (Wildman–Crippen LogP) is 17.9. The zero-order valence-corrected chi connectivity index (χ0v) is 41.8. The topological polar surface area (TPSA) is 78.9 Å². The van der Waals surface area contributed by atoms with Gasteiger partial charge in [-0.25, -0.2) is 0 Å². The normalized spacial score (nSPS) is 12.4. The van der Waals surface area contributed by atoms with Gasteiger partial charge in [-0.2, -0.15) is 0 Å². The average Bonchev–Trinajstić information content (AvgIpc) is 3.28. The Morgan fingerprint density at radius 3 is 0.937 bits per heavy atom. The number of unbranched alkanes of at least 4 members (excludes halogenated alkanes) is 30. The number of rotatable bonds is 49. The third-order valence-electron chi connectivity index (χ3n) is 11.8. The van der Waals surface area contributed by atoms with Crippen molar-refractivity contribution in [3.8, 4) is 0 Å². The Hall–Kier alpha value is -2.63. The van der Waals surface area contributed by atoms with Crippen molar-refractivity contribution in [3.05, 3.63) is 48.6 Å². The molecule has 0 radical (unpaired) electrons. The summed E-state index contributed by atoms with van der Waals surface area (Å²) in [5.74, 6) is -0.901. The maximum atomic E-state index is 12.8. The van der Waals surface area contributed by atoms with Crippen molar-refractivity contribution in [2.45, 2.75) is 284 Å². The molecule has 0 aromatic carbocycles. The lowest BCUT2D eigenvalue weighted by Gasteiger charge is -2.18. The Balaban J connectivity index is 4.40. The minimum absolute atomic E-state index is 0.0828. The van der Waals surface area contributed by atoms with E-state index in [2.05, 4.69) is 69.4 Å². The van der Waals surface area contributed by atoms with Crippen LogP contribution in [0.15, 0.2) is 48.6 Å². The number of hydrogen-bond acceptors (Lipinski definition) is 6. The summed E-state index contributed by atoms with van der Waals surface area (Å²) in [4.78, 5) is 38.0. The number of esters is 3. The van der Waals surface area contributed by atoms with Crippen LogP contribution < -0.4 is 0 Å². The second-order valence-electron chi connectivity index (χ2n) is 18.1. The van der Waals surface area contributed by atoms with Gasteiger partial charge in [-0.1, -0.05) is 204 Å². The highest BCUT2D eigenvalue weighted by Crippen LogP contribution is 2.15. The highest BCUT2D eigenvalue weighted by molar-refractivity contribution is 5.71. The van der Waals surface area contributed by atoms with Gasteiger partial charge in [-0.05, 0) is 103 Å². The Bertz CT molecular complexity index is 1110. The smallest absolute Gasteiger partial charge is 0.306 e. The van der Waals surface area contributed by atoms with Crippen molar-refractivity contribution in [2.24, 2.45) is 0 Å². The van der Waals surface area contributed by atoms with Crippen LogP contribution in [0.1, 0.15) is 278 Å². The summed E-state index contributed by atoms with van der Waals surface area (Å²) >= 11 is 0. The van der Waals surface area contributed by atoms with E-state index < -0.39 is 6.10 Å². The van der Waals surface area contributed by atoms with Crippen LogP contribution in [0.25, 0.3) is 0 Å². The molecule has 0 heterocycles. The Kier molecular flexibility index (Phi) is 49.8. The Labute approximate surface area is 390 Å². The minimum atomic E-state index is -0.783.